The van der Waals surface area contributed by atoms with E-state index in [4.69, 9.17) is 0 Å². The molecule has 1 aromatic rings. The smallest absolute Gasteiger partial charge is 0.325 e. The van der Waals surface area contributed by atoms with E-state index in [1.54, 1.807) is 6.08 Å². The first-order chi connectivity index (χ1) is 9.51. The van der Waals surface area contributed by atoms with Gasteiger partial charge in [-0.25, -0.2) is 0 Å². The highest BCUT2D eigenvalue weighted by Crippen LogP contribution is 2.32. The van der Waals surface area contributed by atoms with Gasteiger partial charge in [-0.2, -0.15) is 0 Å². The van der Waals surface area contributed by atoms with Crippen LogP contribution in [0.25, 0.3) is 6.08 Å². The fourth-order valence-electron chi connectivity index (χ4n) is 1.54. The van der Waals surface area contributed by atoms with Crippen LogP contribution in [0.3, 0.4) is 0 Å². The largest absolute Gasteiger partial charge is 0.468 e. The van der Waals surface area contributed by atoms with E-state index in [0.29, 0.717) is 4.91 Å². The van der Waals surface area contributed by atoms with Crippen molar-refractivity contribution in [1.82, 2.24) is 4.90 Å². The van der Waals surface area contributed by atoms with E-state index in [0.717, 1.165) is 26.7 Å². The molecule has 0 aliphatic carbocycles. The van der Waals surface area contributed by atoms with Gasteiger partial charge in [-0.15, -0.1) is 0 Å². The summed E-state index contributed by atoms with van der Waals surface area (Å²) in [6, 6.07) is 7.31. The summed E-state index contributed by atoms with van der Waals surface area (Å²) in [6.07, 6.45) is 1.62. The molecule has 5 nitrogen and oxygen atoms in total. The molecule has 2 amide bonds. The van der Waals surface area contributed by atoms with Crippen molar-refractivity contribution in [2.24, 2.45) is 0 Å². The summed E-state index contributed by atoms with van der Waals surface area (Å²) >= 11 is 4.13. The number of hydrogen-bond acceptors (Lipinski definition) is 5. The first-order valence-electron chi connectivity index (χ1n) is 5.59. The van der Waals surface area contributed by atoms with Gasteiger partial charge in [0.05, 0.1) is 12.0 Å². The molecule has 0 atom stereocenters. The van der Waals surface area contributed by atoms with Crippen molar-refractivity contribution in [2.45, 2.75) is 0 Å². The normalized spacial score (nSPS) is 16.9. The molecule has 1 heterocycles. The monoisotopic (exact) mass is 355 g/mol. The third kappa shape index (κ3) is 3.29. The first kappa shape index (κ1) is 14.8. The number of hydrogen-bond donors (Lipinski definition) is 0. The second-order valence-electron chi connectivity index (χ2n) is 3.90. The molecule has 2 rings (SSSR count). The number of benzene rings is 1. The van der Waals surface area contributed by atoms with E-state index in [9.17, 15) is 14.4 Å². The lowest BCUT2D eigenvalue weighted by Gasteiger charge is -2.09. The molecule has 1 fully saturated rings. The number of esters is 1. The fraction of sp³-hybridized carbons (Fsp3) is 0.154. The van der Waals surface area contributed by atoms with Crippen LogP contribution in [0, 0.1) is 0 Å². The number of imide groups is 1. The molecule has 1 aliphatic heterocycles. The summed E-state index contributed by atoms with van der Waals surface area (Å²) in [5.41, 5.74) is 0.803. The van der Waals surface area contributed by atoms with Gasteiger partial charge in [0.2, 0.25) is 0 Å². The Morgan fingerprint density at radius 3 is 2.60 bits per heavy atom. The van der Waals surface area contributed by atoms with Crippen LogP contribution in [0.1, 0.15) is 5.56 Å². The van der Waals surface area contributed by atoms with E-state index in [1.807, 2.05) is 24.3 Å². The molecule has 0 radical (unpaired) electrons. The summed E-state index contributed by atoms with van der Waals surface area (Å²) in [5.74, 6) is -1.11. The van der Waals surface area contributed by atoms with Crippen molar-refractivity contribution in [3.63, 3.8) is 0 Å². The van der Waals surface area contributed by atoms with Gasteiger partial charge in [0.25, 0.3) is 11.1 Å². The number of amides is 2. The summed E-state index contributed by atoms with van der Waals surface area (Å²) < 4.78 is 5.38. The van der Waals surface area contributed by atoms with Crippen LogP contribution in [0.2, 0.25) is 0 Å². The Kier molecular flexibility index (Phi) is 4.61. The molecule has 1 aliphatic rings. The van der Waals surface area contributed by atoms with Crippen LogP contribution in [0.15, 0.2) is 33.6 Å². The maximum Gasteiger partial charge on any atom is 0.325 e. The quantitative estimate of drug-likeness (QED) is 0.616. The molecule has 1 saturated heterocycles. The minimum atomic E-state index is -0.628. The van der Waals surface area contributed by atoms with E-state index >= 15 is 0 Å². The summed E-state index contributed by atoms with van der Waals surface area (Å²) in [7, 11) is 1.21. The highest BCUT2D eigenvalue weighted by atomic mass is 79.9. The van der Waals surface area contributed by atoms with Gasteiger partial charge in [0.1, 0.15) is 6.54 Å². The lowest BCUT2D eigenvalue weighted by atomic mass is 10.2. The van der Waals surface area contributed by atoms with E-state index in [2.05, 4.69) is 20.7 Å². The van der Waals surface area contributed by atoms with Crippen LogP contribution in [0.4, 0.5) is 4.79 Å². The number of thioether (sulfide) groups is 1. The molecule has 0 unspecified atom stereocenters. The minimum absolute atomic E-state index is 0.293. The van der Waals surface area contributed by atoms with E-state index in [-0.39, 0.29) is 6.54 Å². The predicted molar refractivity (Wildman–Crippen MR) is 78.8 cm³/mol. The highest BCUT2D eigenvalue weighted by molar-refractivity contribution is 9.10. The average Bonchev–Trinajstić information content (AvgIpc) is 2.69. The van der Waals surface area contributed by atoms with Gasteiger partial charge >= 0.3 is 5.97 Å². The Balaban J connectivity index is 2.19. The second-order valence-corrected chi connectivity index (χ2v) is 5.80. The zero-order chi connectivity index (χ0) is 14.7. The molecule has 0 N–H and O–H groups in total. The van der Waals surface area contributed by atoms with Crippen LogP contribution in [0.5, 0.6) is 0 Å². The average molecular weight is 356 g/mol. The standard InChI is InChI=1S/C13H10BrNO4S/c1-19-11(16)7-15-12(17)10(20-13(15)18)6-8-2-4-9(14)5-3-8/h2-6H,7H2,1H3. The highest BCUT2D eigenvalue weighted by Gasteiger charge is 2.36. The predicted octanol–water partition coefficient (Wildman–Crippen LogP) is 2.66. The Bertz CT molecular complexity index is 597. The molecular formula is C13H10BrNO4S. The molecule has 0 spiro atoms. The van der Waals surface area contributed by atoms with E-state index in [1.165, 1.54) is 7.11 Å². The molecular weight excluding hydrogens is 346 g/mol. The second kappa shape index (κ2) is 6.23. The molecule has 20 heavy (non-hydrogen) atoms. The Hall–Kier alpha value is -1.60. The Morgan fingerprint density at radius 2 is 2.00 bits per heavy atom. The SMILES string of the molecule is COC(=O)CN1C(=O)SC(=Cc2ccc(Br)cc2)C1=O. The number of halogens is 1. The molecule has 0 aromatic heterocycles. The molecule has 1 aromatic carbocycles. The molecule has 0 bridgehead atoms. The topological polar surface area (TPSA) is 63.7 Å². The minimum Gasteiger partial charge on any atom is -0.468 e. The number of methoxy groups -OCH3 is 1. The number of nitrogens with zero attached hydrogens (tertiary/aromatic N) is 1. The van der Waals surface area contributed by atoms with Gasteiger partial charge in [0.15, 0.2) is 0 Å². The number of carbonyl (C=O) groups is 3. The van der Waals surface area contributed by atoms with Crippen molar-refractivity contribution in [1.29, 1.82) is 0 Å². The van der Waals surface area contributed by atoms with Gasteiger partial charge < -0.3 is 4.74 Å². The molecule has 7 heteroatoms. The van der Waals surface area contributed by atoms with Gasteiger partial charge in [-0.05, 0) is 35.5 Å². The van der Waals surface area contributed by atoms with Crippen LogP contribution >= 0.6 is 27.7 Å². The van der Waals surface area contributed by atoms with Gasteiger partial charge in [0, 0.05) is 4.47 Å². The summed E-state index contributed by atoms with van der Waals surface area (Å²) in [4.78, 5) is 36.1. The van der Waals surface area contributed by atoms with E-state index < -0.39 is 17.1 Å². The fourth-order valence-corrected chi connectivity index (χ4v) is 2.64. The van der Waals surface area contributed by atoms with Crippen molar-refractivity contribution in [3.05, 3.63) is 39.2 Å². The Labute approximate surface area is 128 Å². The van der Waals surface area contributed by atoms with Crippen LogP contribution in [-0.2, 0) is 14.3 Å². The summed E-state index contributed by atoms with van der Waals surface area (Å²) in [5, 5.41) is -0.469. The summed E-state index contributed by atoms with van der Waals surface area (Å²) in [6.45, 7) is -0.362. The van der Waals surface area contributed by atoms with Crippen molar-refractivity contribution < 1.29 is 19.1 Å². The van der Waals surface area contributed by atoms with Crippen molar-refractivity contribution >= 4 is 50.9 Å². The number of carbonyl (C=O) groups excluding carboxylic acids is 3. The zero-order valence-electron chi connectivity index (χ0n) is 10.5. The lowest BCUT2D eigenvalue weighted by molar-refractivity contribution is -0.143. The lowest BCUT2D eigenvalue weighted by Crippen LogP contribution is -2.34. The third-order valence-corrected chi connectivity index (χ3v) is 3.99. The Morgan fingerprint density at radius 1 is 1.35 bits per heavy atom. The maximum absolute atomic E-state index is 12.0. The molecule has 104 valence electrons. The van der Waals surface area contributed by atoms with Crippen LogP contribution in [-0.4, -0.2) is 35.7 Å². The number of rotatable bonds is 3. The van der Waals surface area contributed by atoms with Crippen LogP contribution < -0.4 is 0 Å². The zero-order valence-corrected chi connectivity index (χ0v) is 12.9. The first-order valence-corrected chi connectivity index (χ1v) is 7.20. The van der Waals surface area contributed by atoms with Gasteiger partial charge in [-0.3, -0.25) is 19.3 Å². The van der Waals surface area contributed by atoms with Gasteiger partial charge in [-0.1, -0.05) is 28.1 Å². The molecule has 0 saturated carbocycles. The van der Waals surface area contributed by atoms with Crippen molar-refractivity contribution in [2.75, 3.05) is 13.7 Å². The number of ether oxygens (including phenoxy) is 1. The third-order valence-electron chi connectivity index (χ3n) is 2.56. The maximum atomic E-state index is 12.0. The van der Waals surface area contributed by atoms with Crippen molar-refractivity contribution in [3.8, 4) is 0 Å².